The molecule has 1 aromatic carbocycles. The number of hydrogen-bond acceptors (Lipinski definition) is 3. The summed E-state index contributed by atoms with van der Waals surface area (Å²) < 4.78 is 0. The average molecular weight is 263 g/mol. The van der Waals surface area contributed by atoms with E-state index in [9.17, 15) is 4.79 Å². The van der Waals surface area contributed by atoms with Crippen molar-refractivity contribution < 1.29 is 4.79 Å². The number of benzene rings is 1. The van der Waals surface area contributed by atoms with Crippen LogP contribution in [0.4, 0.5) is 0 Å². The Bertz CT molecular complexity index is 764. The van der Waals surface area contributed by atoms with E-state index in [-0.39, 0.29) is 0 Å². The molecule has 0 atom stereocenters. The monoisotopic (exact) mass is 263 g/mol. The Morgan fingerprint density at radius 1 is 1.00 bits per heavy atom. The predicted octanol–water partition coefficient (Wildman–Crippen LogP) is 2.32. The molecule has 0 unspecified atom stereocenters. The van der Waals surface area contributed by atoms with Gasteiger partial charge >= 0.3 is 0 Å². The molecule has 4 nitrogen and oxygen atoms in total. The van der Waals surface area contributed by atoms with Crippen molar-refractivity contribution in [2.75, 3.05) is 0 Å². The van der Waals surface area contributed by atoms with Gasteiger partial charge in [-0.1, -0.05) is 18.2 Å². The molecule has 0 spiro atoms. The third-order valence-corrected chi connectivity index (χ3v) is 3.21. The van der Waals surface area contributed by atoms with Crippen molar-refractivity contribution >= 4 is 16.7 Å². The second-order valence-corrected chi connectivity index (χ2v) is 4.52. The van der Waals surface area contributed by atoms with E-state index in [0.717, 1.165) is 22.2 Å². The molecule has 0 aliphatic rings. The van der Waals surface area contributed by atoms with Crippen molar-refractivity contribution in [2.24, 2.45) is 5.73 Å². The number of nitrogens with zero attached hydrogens (tertiary/aromatic N) is 2. The minimum Gasteiger partial charge on any atom is -0.366 e. The van der Waals surface area contributed by atoms with Gasteiger partial charge in [0.25, 0.3) is 0 Å². The van der Waals surface area contributed by atoms with Crippen molar-refractivity contribution in [3.8, 4) is 0 Å². The molecule has 0 bridgehead atoms. The number of rotatable bonds is 3. The molecule has 0 saturated carbocycles. The summed E-state index contributed by atoms with van der Waals surface area (Å²) in [6, 6.07) is 13.1. The van der Waals surface area contributed by atoms with Gasteiger partial charge in [0, 0.05) is 35.5 Å². The maximum Gasteiger partial charge on any atom is 0.249 e. The van der Waals surface area contributed by atoms with Crippen LogP contribution in [0.1, 0.15) is 21.7 Å². The summed E-state index contributed by atoms with van der Waals surface area (Å²) in [7, 11) is 0. The highest BCUT2D eigenvalue weighted by molar-refractivity contribution is 6.07. The number of amides is 1. The van der Waals surface area contributed by atoms with Gasteiger partial charge in [-0.15, -0.1) is 0 Å². The molecule has 3 aromatic rings. The van der Waals surface area contributed by atoms with Crippen LogP contribution in [0.15, 0.2) is 54.9 Å². The summed E-state index contributed by atoms with van der Waals surface area (Å²) in [5.74, 6) is -0.439. The minimum atomic E-state index is -0.439. The Labute approximate surface area is 116 Å². The Kier molecular flexibility index (Phi) is 3.13. The van der Waals surface area contributed by atoms with E-state index in [1.165, 1.54) is 0 Å². The van der Waals surface area contributed by atoms with Crippen LogP contribution in [0.25, 0.3) is 10.8 Å². The van der Waals surface area contributed by atoms with Crippen LogP contribution < -0.4 is 5.73 Å². The normalized spacial score (nSPS) is 10.6. The molecule has 2 heterocycles. The largest absolute Gasteiger partial charge is 0.366 e. The number of aromatic nitrogens is 2. The third-order valence-electron chi connectivity index (χ3n) is 3.21. The second-order valence-electron chi connectivity index (χ2n) is 4.52. The van der Waals surface area contributed by atoms with Crippen LogP contribution in [0.3, 0.4) is 0 Å². The van der Waals surface area contributed by atoms with Crippen LogP contribution in [0.2, 0.25) is 0 Å². The molecular formula is C16H13N3O. The first-order chi connectivity index (χ1) is 9.75. The molecule has 0 saturated heterocycles. The minimum absolute atomic E-state index is 0.439. The van der Waals surface area contributed by atoms with Crippen LogP contribution in [-0.2, 0) is 6.42 Å². The fourth-order valence-corrected chi connectivity index (χ4v) is 2.32. The summed E-state index contributed by atoms with van der Waals surface area (Å²) in [5, 5.41) is 1.77. The standard InChI is InChI=1S/C16H13N3O/c17-16(20)13-6-3-4-11-7-9-19-14(15(11)13)10-12-5-1-2-8-18-12/h1-9H,10H2,(H2,17,20). The number of nitrogens with two attached hydrogens (primary N) is 1. The van der Waals surface area contributed by atoms with Gasteiger partial charge in [0.2, 0.25) is 5.91 Å². The smallest absolute Gasteiger partial charge is 0.249 e. The van der Waals surface area contributed by atoms with E-state index >= 15 is 0 Å². The van der Waals surface area contributed by atoms with E-state index in [2.05, 4.69) is 9.97 Å². The summed E-state index contributed by atoms with van der Waals surface area (Å²) in [4.78, 5) is 20.3. The number of carbonyl (C=O) groups excluding carboxylic acids is 1. The molecule has 98 valence electrons. The first-order valence-corrected chi connectivity index (χ1v) is 6.32. The third kappa shape index (κ3) is 2.23. The van der Waals surface area contributed by atoms with E-state index in [1.807, 2.05) is 36.4 Å². The molecule has 0 radical (unpaired) electrons. The van der Waals surface area contributed by atoms with Crippen LogP contribution in [-0.4, -0.2) is 15.9 Å². The number of carbonyl (C=O) groups is 1. The molecule has 4 heteroatoms. The fraction of sp³-hybridized carbons (Fsp3) is 0.0625. The second kappa shape index (κ2) is 5.09. The Morgan fingerprint density at radius 3 is 2.65 bits per heavy atom. The highest BCUT2D eigenvalue weighted by atomic mass is 16.1. The maximum absolute atomic E-state index is 11.6. The summed E-state index contributed by atoms with van der Waals surface area (Å²) in [6.07, 6.45) is 4.06. The van der Waals surface area contributed by atoms with E-state index in [1.54, 1.807) is 18.5 Å². The fourth-order valence-electron chi connectivity index (χ4n) is 2.32. The van der Waals surface area contributed by atoms with Crippen LogP contribution in [0.5, 0.6) is 0 Å². The molecule has 1 amide bonds. The zero-order valence-corrected chi connectivity index (χ0v) is 10.8. The van der Waals surface area contributed by atoms with Gasteiger partial charge < -0.3 is 5.73 Å². The number of fused-ring (bicyclic) bond motifs is 1. The topological polar surface area (TPSA) is 68.9 Å². The molecular weight excluding hydrogens is 250 g/mol. The summed E-state index contributed by atoms with van der Waals surface area (Å²) >= 11 is 0. The lowest BCUT2D eigenvalue weighted by Crippen LogP contribution is -2.12. The summed E-state index contributed by atoms with van der Waals surface area (Å²) in [5.41, 5.74) is 7.69. The number of primary amides is 1. The van der Waals surface area contributed by atoms with Crippen molar-refractivity contribution in [2.45, 2.75) is 6.42 Å². The Hall–Kier alpha value is -2.75. The average Bonchev–Trinajstić information content (AvgIpc) is 2.48. The maximum atomic E-state index is 11.6. The predicted molar refractivity (Wildman–Crippen MR) is 77.3 cm³/mol. The van der Waals surface area contributed by atoms with Gasteiger partial charge in [0.1, 0.15) is 0 Å². The molecule has 0 aliphatic carbocycles. The lowest BCUT2D eigenvalue weighted by Gasteiger charge is -2.08. The highest BCUT2D eigenvalue weighted by Gasteiger charge is 2.12. The van der Waals surface area contributed by atoms with Gasteiger partial charge in [-0.05, 0) is 29.7 Å². The van der Waals surface area contributed by atoms with E-state index in [4.69, 9.17) is 5.73 Å². The van der Waals surface area contributed by atoms with Gasteiger partial charge in [-0.2, -0.15) is 0 Å². The first kappa shape index (κ1) is 12.3. The molecule has 20 heavy (non-hydrogen) atoms. The van der Waals surface area contributed by atoms with Crippen molar-refractivity contribution in [3.05, 3.63) is 71.8 Å². The number of pyridine rings is 2. The van der Waals surface area contributed by atoms with E-state index < -0.39 is 5.91 Å². The lowest BCUT2D eigenvalue weighted by atomic mass is 10.0. The molecule has 0 fully saturated rings. The van der Waals surface area contributed by atoms with Crippen molar-refractivity contribution in [3.63, 3.8) is 0 Å². The Morgan fingerprint density at radius 2 is 1.90 bits per heavy atom. The van der Waals surface area contributed by atoms with Gasteiger partial charge in [-0.25, -0.2) is 0 Å². The molecule has 3 rings (SSSR count). The molecule has 2 N–H and O–H groups in total. The van der Waals surface area contributed by atoms with Crippen molar-refractivity contribution in [1.82, 2.24) is 9.97 Å². The lowest BCUT2D eigenvalue weighted by molar-refractivity contribution is 0.100. The Balaban J connectivity index is 2.18. The SMILES string of the molecule is NC(=O)c1cccc2ccnc(Cc3ccccn3)c12. The zero-order chi connectivity index (χ0) is 13.9. The van der Waals surface area contributed by atoms with E-state index in [0.29, 0.717) is 12.0 Å². The van der Waals surface area contributed by atoms with Crippen molar-refractivity contribution in [1.29, 1.82) is 0 Å². The number of hydrogen-bond donors (Lipinski definition) is 1. The molecule has 2 aromatic heterocycles. The van der Waals surface area contributed by atoms with Gasteiger partial charge in [0.05, 0.1) is 5.69 Å². The quantitative estimate of drug-likeness (QED) is 0.788. The van der Waals surface area contributed by atoms with Gasteiger partial charge in [-0.3, -0.25) is 14.8 Å². The first-order valence-electron chi connectivity index (χ1n) is 6.32. The summed E-state index contributed by atoms with van der Waals surface area (Å²) in [6.45, 7) is 0. The molecule has 0 aliphatic heterocycles. The van der Waals surface area contributed by atoms with Crippen LogP contribution in [0, 0.1) is 0 Å². The van der Waals surface area contributed by atoms with Crippen LogP contribution >= 0.6 is 0 Å². The van der Waals surface area contributed by atoms with Gasteiger partial charge in [0.15, 0.2) is 0 Å². The highest BCUT2D eigenvalue weighted by Crippen LogP contribution is 2.22. The zero-order valence-electron chi connectivity index (χ0n) is 10.8.